The maximum atomic E-state index is 11.0. The van der Waals surface area contributed by atoms with Crippen LogP contribution in [0.15, 0.2) is 42.5 Å². The Morgan fingerprint density at radius 2 is 2.05 bits per heavy atom. The van der Waals surface area contributed by atoms with Gasteiger partial charge in [-0.15, -0.1) is 0 Å². The topological polar surface area (TPSA) is 81.5 Å². The molecule has 0 aromatic heterocycles. The molecule has 21 heavy (non-hydrogen) atoms. The maximum Gasteiger partial charge on any atom is 0.293 e. The van der Waals surface area contributed by atoms with Crippen LogP contribution in [0.4, 0.5) is 11.4 Å². The zero-order valence-electron chi connectivity index (χ0n) is 11.4. The van der Waals surface area contributed by atoms with E-state index in [0.717, 1.165) is 5.56 Å². The number of carbonyl (C=O) groups excluding carboxylic acids is 1. The van der Waals surface area contributed by atoms with Gasteiger partial charge in [0, 0.05) is 23.7 Å². The van der Waals surface area contributed by atoms with E-state index in [0.29, 0.717) is 24.3 Å². The summed E-state index contributed by atoms with van der Waals surface area (Å²) < 4.78 is 5.23. The van der Waals surface area contributed by atoms with E-state index < -0.39 is 4.92 Å². The van der Waals surface area contributed by atoms with Gasteiger partial charge in [0.15, 0.2) is 0 Å². The molecular weight excluding hydrogens is 272 g/mol. The number of rotatable bonds is 6. The Balaban J connectivity index is 2.23. The number of hydrogen-bond donors (Lipinski definition) is 1. The lowest BCUT2D eigenvalue weighted by Crippen LogP contribution is -2.04. The molecule has 0 unspecified atom stereocenters. The predicted octanol–water partition coefficient (Wildman–Crippen LogP) is 3.03. The van der Waals surface area contributed by atoms with Gasteiger partial charge in [-0.1, -0.05) is 18.2 Å². The number of ether oxygens (including phenoxy) is 1. The molecule has 0 heterocycles. The lowest BCUT2D eigenvalue weighted by Gasteiger charge is -2.10. The number of hydrogen-bond acceptors (Lipinski definition) is 5. The first-order valence-electron chi connectivity index (χ1n) is 6.25. The number of carbonyl (C=O) groups is 1. The Kier molecular flexibility index (Phi) is 4.50. The van der Waals surface area contributed by atoms with Gasteiger partial charge in [-0.3, -0.25) is 14.9 Å². The van der Waals surface area contributed by atoms with Gasteiger partial charge in [-0.25, -0.2) is 0 Å². The second-order valence-electron chi connectivity index (χ2n) is 4.32. The van der Waals surface area contributed by atoms with E-state index in [1.165, 1.54) is 18.2 Å². The molecule has 0 amide bonds. The van der Waals surface area contributed by atoms with Crippen LogP contribution in [0, 0.1) is 10.1 Å². The van der Waals surface area contributed by atoms with Crippen molar-refractivity contribution in [1.82, 2.24) is 0 Å². The smallest absolute Gasteiger partial charge is 0.293 e. The van der Waals surface area contributed by atoms with E-state index in [-0.39, 0.29) is 11.3 Å². The van der Waals surface area contributed by atoms with Crippen molar-refractivity contribution in [2.75, 3.05) is 12.4 Å². The standard InChI is InChI=1S/C15H14N2O4/c1-21-15-5-3-2-4-12(15)9-16-13-7-6-11(10-18)8-14(13)17(19)20/h2-8,10,16H,9H2,1H3. The molecule has 0 radical (unpaired) electrons. The number of para-hydroxylation sites is 1. The minimum Gasteiger partial charge on any atom is -0.496 e. The summed E-state index contributed by atoms with van der Waals surface area (Å²) in [7, 11) is 1.57. The number of anilines is 1. The third kappa shape index (κ3) is 3.36. The molecule has 2 rings (SSSR count). The minimum absolute atomic E-state index is 0.130. The largest absolute Gasteiger partial charge is 0.496 e. The average molecular weight is 286 g/mol. The zero-order valence-corrected chi connectivity index (χ0v) is 11.4. The molecule has 0 spiro atoms. The summed E-state index contributed by atoms with van der Waals surface area (Å²) in [5.41, 5.74) is 1.38. The van der Waals surface area contributed by atoms with Gasteiger partial charge >= 0.3 is 0 Å². The number of aldehydes is 1. The second-order valence-corrected chi connectivity index (χ2v) is 4.32. The van der Waals surface area contributed by atoms with Gasteiger partial charge in [0.1, 0.15) is 17.7 Å². The van der Waals surface area contributed by atoms with E-state index in [1.807, 2.05) is 24.3 Å². The number of nitrogens with zero attached hydrogens (tertiary/aromatic N) is 1. The quantitative estimate of drug-likeness (QED) is 0.501. The zero-order chi connectivity index (χ0) is 15.2. The molecule has 0 bridgehead atoms. The molecule has 0 saturated heterocycles. The highest BCUT2D eigenvalue weighted by Gasteiger charge is 2.14. The molecule has 2 aromatic rings. The van der Waals surface area contributed by atoms with Crippen LogP contribution >= 0.6 is 0 Å². The monoisotopic (exact) mass is 286 g/mol. The summed E-state index contributed by atoms with van der Waals surface area (Å²) in [5.74, 6) is 0.706. The van der Waals surface area contributed by atoms with E-state index in [1.54, 1.807) is 7.11 Å². The molecule has 6 heteroatoms. The predicted molar refractivity (Wildman–Crippen MR) is 78.8 cm³/mol. The third-order valence-corrected chi connectivity index (χ3v) is 3.02. The lowest BCUT2D eigenvalue weighted by molar-refractivity contribution is -0.384. The highest BCUT2D eigenvalue weighted by atomic mass is 16.6. The normalized spacial score (nSPS) is 9.95. The summed E-state index contributed by atoms with van der Waals surface area (Å²) in [6.07, 6.45) is 0.580. The van der Waals surface area contributed by atoms with E-state index >= 15 is 0 Å². The molecule has 0 aliphatic carbocycles. The number of benzene rings is 2. The van der Waals surface area contributed by atoms with Crippen molar-refractivity contribution in [2.45, 2.75) is 6.54 Å². The highest BCUT2D eigenvalue weighted by molar-refractivity contribution is 5.79. The Bertz CT molecular complexity index is 670. The average Bonchev–Trinajstić information content (AvgIpc) is 2.52. The van der Waals surface area contributed by atoms with Gasteiger partial charge < -0.3 is 10.1 Å². The Morgan fingerprint density at radius 3 is 2.71 bits per heavy atom. The fourth-order valence-corrected chi connectivity index (χ4v) is 1.96. The minimum atomic E-state index is -0.516. The molecule has 1 N–H and O–H groups in total. The van der Waals surface area contributed by atoms with Crippen molar-refractivity contribution in [1.29, 1.82) is 0 Å². The highest BCUT2D eigenvalue weighted by Crippen LogP contribution is 2.26. The van der Waals surface area contributed by atoms with E-state index in [2.05, 4.69) is 5.32 Å². The van der Waals surface area contributed by atoms with Gasteiger partial charge in [0.05, 0.1) is 12.0 Å². The van der Waals surface area contributed by atoms with Crippen LogP contribution in [-0.4, -0.2) is 18.3 Å². The maximum absolute atomic E-state index is 11.0. The van der Waals surface area contributed by atoms with Crippen molar-refractivity contribution >= 4 is 17.7 Å². The van der Waals surface area contributed by atoms with Crippen LogP contribution in [0.5, 0.6) is 5.75 Å². The summed E-state index contributed by atoms with van der Waals surface area (Å²) in [4.78, 5) is 21.2. The molecule has 2 aromatic carbocycles. The fourth-order valence-electron chi connectivity index (χ4n) is 1.96. The number of nitro benzene ring substituents is 1. The molecule has 6 nitrogen and oxygen atoms in total. The number of nitrogens with one attached hydrogen (secondary N) is 1. The number of nitro groups is 1. The van der Waals surface area contributed by atoms with E-state index in [9.17, 15) is 14.9 Å². The van der Waals surface area contributed by atoms with Crippen molar-refractivity contribution < 1.29 is 14.5 Å². The van der Waals surface area contributed by atoms with Crippen LogP contribution in [0.2, 0.25) is 0 Å². The van der Waals surface area contributed by atoms with Crippen LogP contribution in [0.1, 0.15) is 15.9 Å². The Morgan fingerprint density at radius 1 is 1.29 bits per heavy atom. The van der Waals surface area contributed by atoms with Crippen molar-refractivity contribution in [3.8, 4) is 5.75 Å². The molecule has 0 atom stereocenters. The third-order valence-electron chi connectivity index (χ3n) is 3.02. The molecule has 0 saturated carbocycles. The molecule has 108 valence electrons. The summed E-state index contributed by atoms with van der Waals surface area (Å²) in [6.45, 7) is 0.380. The van der Waals surface area contributed by atoms with Crippen molar-refractivity contribution in [2.24, 2.45) is 0 Å². The summed E-state index contributed by atoms with van der Waals surface area (Å²) >= 11 is 0. The molecular formula is C15H14N2O4. The molecule has 0 fully saturated rings. The van der Waals surface area contributed by atoms with Crippen molar-refractivity contribution in [3.63, 3.8) is 0 Å². The Hall–Kier alpha value is -2.89. The van der Waals surface area contributed by atoms with Gasteiger partial charge in [0.25, 0.3) is 5.69 Å². The Labute approximate surface area is 121 Å². The number of methoxy groups -OCH3 is 1. The summed E-state index contributed by atoms with van der Waals surface area (Å²) in [5, 5.41) is 14.0. The van der Waals surface area contributed by atoms with Crippen LogP contribution in [0.25, 0.3) is 0 Å². The first-order valence-corrected chi connectivity index (χ1v) is 6.25. The van der Waals surface area contributed by atoms with Crippen LogP contribution in [0.3, 0.4) is 0 Å². The lowest BCUT2D eigenvalue weighted by atomic mass is 10.1. The van der Waals surface area contributed by atoms with Crippen LogP contribution < -0.4 is 10.1 Å². The van der Waals surface area contributed by atoms with E-state index in [4.69, 9.17) is 4.74 Å². The summed E-state index contributed by atoms with van der Waals surface area (Å²) in [6, 6.07) is 11.7. The first-order chi connectivity index (χ1) is 10.2. The SMILES string of the molecule is COc1ccccc1CNc1ccc(C=O)cc1[N+](=O)[O-]. The fraction of sp³-hybridized carbons (Fsp3) is 0.133. The van der Waals surface area contributed by atoms with Crippen LogP contribution in [-0.2, 0) is 6.54 Å². The molecule has 0 aliphatic rings. The van der Waals surface area contributed by atoms with Gasteiger partial charge in [-0.2, -0.15) is 0 Å². The first kappa shape index (κ1) is 14.5. The molecule has 0 aliphatic heterocycles. The van der Waals surface area contributed by atoms with Crippen molar-refractivity contribution in [3.05, 3.63) is 63.7 Å². The van der Waals surface area contributed by atoms with Gasteiger partial charge in [0.2, 0.25) is 0 Å². The van der Waals surface area contributed by atoms with Gasteiger partial charge in [-0.05, 0) is 18.2 Å². The second kappa shape index (κ2) is 6.51.